The number of anilines is 1. The first-order valence-corrected chi connectivity index (χ1v) is 7.39. The van der Waals surface area contributed by atoms with Gasteiger partial charge in [0.15, 0.2) is 0 Å². The fourth-order valence-electron chi connectivity index (χ4n) is 1.75. The van der Waals surface area contributed by atoms with Gasteiger partial charge in [-0.25, -0.2) is 0 Å². The fraction of sp³-hybridized carbons (Fsp3) is 0.176. The Bertz CT molecular complexity index is 657. The lowest BCUT2D eigenvalue weighted by Crippen LogP contribution is -2.09. The number of pyridine rings is 1. The molecule has 0 aliphatic heterocycles. The van der Waals surface area contributed by atoms with E-state index in [4.69, 9.17) is 16.3 Å². The minimum atomic E-state index is -0.269. The summed E-state index contributed by atoms with van der Waals surface area (Å²) in [5, 5.41) is 3.30. The van der Waals surface area contributed by atoms with Crippen molar-refractivity contribution in [3.05, 3.63) is 59.4 Å². The molecule has 5 heteroatoms. The third-order valence-corrected chi connectivity index (χ3v) is 2.99. The van der Waals surface area contributed by atoms with Crippen molar-refractivity contribution in [2.45, 2.75) is 13.3 Å². The molecular formula is C17H17ClN2O2. The van der Waals surface area contributed by atoms with Crippen LogP contribution in [0.3, 0.4) is 0 Å². The van der Waals surface area contributed by atoms with Crippen LogP contribution in [0.4, 0.5) is 5.69 Å². The number of carbonyl (C=O) groups is 1. The van der Waals surface area contributed by atoms with Crippen molar-refractivity contribution in [3.63, 3.8) is 0 Å². The van der Waals surface area contributed by atoms with E-state index in [1.165, 1.54) is 6.08 Å². The average Bonchev–Trinajstić information content (AvgIpc) is 2.53. The minimum Gasteiger partial charge on any atom is -0.491 e. The lowest BCUT2D eigenvalue weighted by Gasteiger charge is -2.11. The predicted molar refractivity (Wildman–Crippen MR) is 89.1 cm³/mol. The molecule has 0 radical (unpaired) electrons. The number of aromatic nitrogens is 1. The molecule has 1 heterocycles. The van der Waals surface area contributed by atoms with E-state index in [1.54, 1.807) is 30.5 Å². The van der Waals surface area contributed by atoms with E-state index in [1.807, 2.05) is 25.1 Å². The van der Waals surface area contributed by atoms with E-state index in [0.717, 1.165) is 6.42 Å². The van der Waals surface area contributed by atoms with Crippen LogP contribution in [0.1, 0.15) is 19.0 Å². The zero-order valence-corrected chi connectivity index (χ0v) is 13.0. The maximum atomic E-state index is 12.0. The molecule has 2 rings (SSSR count). The molecule has 0 aliphatic carbocycles. The summed E-state index contributed by atoms with van der Waals surface area (Å²) >= 11 is 5.97. The number of carbonyl (C=O) groups excluding carboxylic acids is 1. The van der Waals surface area contributed by atoms with Crippen molar-refractivity contribution in [2.75, 3.05) is 11.9 Å². The second-order valence-corrected chi connectivity index (χ2v) is 5.00. The van der Waals surface area contributed by atoms with Crippen LogP contribution in [-0.4, -0.2) is 17.5 Å². The summed E-state index contributed by atoms with van der Waals surface area (Å²) in [6.07, 6.45) is 5.63. The molecule has 0 aliphatic rings. The second kappa shape index (κ2) is 8.20. The van der Waals surface area contributed by atoms with E-state index in [-0.39, 0.29) is 5.91 Å². The number of benzene rings is 1. The van der Waals surface area contributed by atoms with E-state index >= 15 is 0 Å². The van der Waals surface area contributed by atoms with Gasteiger partial charge < -0.3 is 10.1 Å². The zero-order valence-electron chi connectivity index (χ0n) is 12.3. The summed E-state index contributed by atoms with van der Waals surface area (Å²) < 4.78 is 5.60. The Balaban J connectivity index is 2.07. The highest BCUT2D eigenvalue weighted by Crippen LogP contribution is 2.28. The van der Waals surface area contributed by atoms with Crippen LogP contribution >= 0.6 is 11.6 Å². The molecule has 0 atom stereocenters. The van der Waals surface area contributed by atoms with Gasteiger partial charge >= 0.3 is 0 Å². The van der Waals surface area contributed by atoms with Crippen LogP contribution in [0.2, 0.25) is 5.02 Å². The van der Waals surface area contributed by atoms with Crippen molar-refractivity contribution in [2.24, 2.45) is 0 Å². The molecule has 1 amide bonds. The third-order valence-electron chi connectivity index (χ3n) is 2.75. The van der Waals surface area contributed by atoms with Crippen molar-refractivity contribution in [1.29, 1.82) is 0 Å². The Morgan fingerprint density at radius 1 is 1.36 bits per heavy atom. The highest BCUT2D eigenvalue weighted by atomic mass is 35.5. The SMILES string of the molecule is CCCOc1ccc(Cl)cc1NC(=O)C=Cc1ccccn1. The van der Waals surface area contributed by atoms with Gasteiger partial charge in [0, 0.05) is 17.3 Å². The molecule has 0 bridgehead atoms. The van der Waals surface area contributed by atoms with Crippen molar-refractivity contribution in [3.8, 4) is 5.75 Å². The number of rotatable bonds is 6. The van der Waals surface area contributed by atoms with Crippen molar-refractivity contribution >= 4 is 29.3 Å². The number of hydrogen-bond acceptors (Lipinski definition) is 3. The average molecular weight is 317 g/mol. The van der Waals surface area contributed by atoms with E-state index < -0.39 is 0 Å². The predicted octanol–water partition coefficient (Wildman–Crippen LogP) is 4.18. The normalized spacial score (nSPS) is 10.6. The highest BCUT2D eigenvalue weighted by molar-refractivity contribution is 6.31. The van der Waals surface area contributed by atoms with Gasteiger partial charge in [-0.2, -0.15) is 0 Å². The molecule has 0 spiro atoms. The minimum absolute atomic E-state index is 0.269. The molecular weight excluding hydrogens is 300 g/mol. The molecule has 1 N–H and O–H groups in total. The number of amides is 1. The van der Waals surface area contributed by atoms with Gasteiger partial charge in [-0.05, 0) is 42.8 Å². The van der Waals surface area contributed by atoms with E-state index in [0.29, 0.717) is 28.8 Å². The number of nitrogens with zero attached hydrogens (tertiary/aromatic N) is 1. The molecule has 0 saturated carbocycles. The highest BCUT2D eigenvalue weighted by Gasteiger charge is 2.07. The second-order valence-electron chi connectivity index (χ2n) is 4.57. The van der Waals surface area contributed by atoms with E-state index in [2.05, 4.69) is 10.3 Å². The number of ether oxygens (including phenoxy) is 1. The van der Waals surface area contributed by atoms with Crippen LogP contribution in [0.5, 0.6) is 5.75 Å². The molecule has 0 saturated heterocycles. The van der Waals surface area contributed by atoms with Crippen molar-refractivity contribution < 1.29 is 9.53 Å². The van der Waals surface area contributed by atoms with Gasteiger partial charge in [0.05, 0.1) is 18.0 Å². The number of hydrogen-bond donors (Lipinski definition) is 1. The summed E-state index contributed by atoms with van der Waals surface area (Å²) in [4.78, 5) is 16.1. The summed E-state index contributed by atoms with van der Waals surface area (Å²) in [5.41, 5.74) is 1.27. The van der Waals surface area contributed by atoms with Gasteiger partial charge in [0.25, 0.3) is 0 Å². The Hall–Kier alpha value is -2.33. The van der Waals surface area contributed by atoms with Gasteiger partial charge in [-0.1, -0.05) is 24.6 Å². The smallest absolute Gasteiger partial charge is 0.248 e. The Kier molecular flexibility index (Phi) is 5.98. The number of nitrogens with one attached hydrogen (secondary N) is 1. The molecule has 4 nitrogen and oxygen atoms in total. The number of halogens is 1. The van der Waals surface area contributed by atoms with Crippen LogP contribution in [0.15, 0.2) is 48.7 Å². The van der Waals surface area contributed by atoms with Gasteiger partial charge in [0.1, 0.15) is 5.75 Å². The van der Waals surface area contributed by atoms with Gasteiger partial charge in [0.2, 0.25) is 5.91 Å². The van der Waals surface area contributed by atoms with Crippen LogP contribution < -0.4 is 10.1 Å². The molecule has 22 heavy (non-hydrogen) atoms. The first-order valence-electron chi connectivity index (χ1n) is 7.01. The molecule has 1 aromatic heterocycles. The quantitative estimate of drug-likeness (QED) is 0.813. The monoisotopic (exact) mass is 316 g/mol. The first-order chi connectivity index (χ1) is 10.7. The Morgan fingerprint density at radius 2 is 2.23 bits per heavy atom. The molecule has 1 aromatic carbocycles. The van der Waals surface area contributed by atoms with Gasteiger partial charge in [-0.3, -0.25) is 9.78 Å². The third kappa shape index (κ3) is 4.90. The topological polar surface area (TPSA) is 51.2 Å². The Labute approximate surface area is 134 Å². The standard InChI is InChI=1S/C17H17ClN2O2/c1-2-11-22-16-8-6-13(18)12-15(16)20-17(21)9-7-14-5-3-4-10-19-14/h3-10,12H,2,11H2,1H3,(H,20,21). The molecule has 0 fully saturated rings. The summed E-state index contributed by atoms with van der Waals surface area (Å²) in [7, 11) is 0. The van der Waals surface area contributed by atoms with E-state index in [9.17, 15) is 4.79 Å². The zero-order chi connectivity index (χ0) is 15.8. The lowest BCUT2D eigenvalue weighted by atomic mass is 10.2. The largest absolute Gasteiger partial charge is 0.491 e. The molecule has 114 valence electrons. The first kappa shape index (κ1) is 16.0. The van der Waals surface area contributed by atoms with Gasteiger partial charge in [-0.15, -0.1) is 0 Å². The fourth-order valence-corrected chi connectivity index (χ4v) is 1.92. The summed E-state index contributed by atoms with van der Waals surface area (Å²) in [6, 6.07) is 10.6. The Morgan fingerprint density at radius 3 is 2.95 bits per heavy atom. The van der Waals surface area contributed by atoms with Crippen LogP contribution in [0, 0.1) is 0 Å². The maximum Gasteiger partial charge on any atom is 0.248 e. The summed E-state index contributed by atoms with van der Waals surface area (Å²) in [5.74, 6) is 0.333. The maximum absolute atomic E-state index is 12.0. The lowest BCUT2D eigenvalue weighted by molar-refractivity contribution is -0.111. The van der Waals surface area contributed by atoms with Crippen LogP contribution in [-0.2, 0) is 4.79 Å². The van der Waals surface area contributed by atoms with Crippen LogP contribution in [0.25, 0.3) is 6.08 Å². The molecule has 2 aromatic rings. The molecule has 0 unspecified atom stereocenters. The van der Waals surface area contributed by atoms with Crippen molar-refractivity contribution in [1.82, 2.24) is 4.98 Å². The summed E-state index contributed by atoms with van der Waals surface area (Å²) in [6.45, 7) is 2.60.